The Balaban J connectivity index is 2.97. The van der Waals surface area contributed by atoms with E-state index in [4.69, 9.17) is 34.8 Å². The number of hydrogen-bond donors (Lipinski definition) is 1. The molecule has 0 radical (unpaired) electrons. The predicted octanol–water partition coefficient (Wildman–Crippen LogP) is 4.46. The highest BCUT2D eigenvalue weighted by molar-refractivity contribution is 9.10. The van der Waals surface area contributed by atoms with Gasteiger partial charge in [-0.25, -0.2) is 0 Å². The van der Waals surface area contributed by atoms with Gasteiger partial charge in [-0.05, 0) is 24.6 Å². The zero-order chi connectivity index (χ0) is 13.8. The Bertz CT molecular complexity index is 427. The summed E-state index contributed by atoms with van der Waals surface area (Å²) in [7, 11) is 0. The molecule has 2 nitrogen and oxygen atoms in total. The molecule has 1 N–H and O–H groups in total. The standard InChI is InChI=1S/C12H13BrCl3NO/c1-2-12(6-14,7-15)17-11(18)9-5-8(13)3-4-10(9)16/h3-5H,2,6-7H2,1H3,(H,17,18). The molecule has 0 fully saturated rings. The Hall–Kier alpha value is 0.0400. The third-order valence-electron chi connectivity index (χ3n) is 2.74. The lowest BCUT2D eigenvalue weighted by atomic mass is 10.0. The Morgan fingerprint density at radius 2 is 2.00 bits per heavy atom. The molecule has 100 valence electrons. The quantitative estimate of drug-likeness (QED) is 0.759. The van der Waals surface area contributed by atoms with Crippen LogP contribution < -0.4 is 5.32 Å². The van der Waals surface area contributed by atoms with Crippen molar-refractivity contribution in [1.29, 1.82) is 0 Å². The molecule has 0 spiro atoms. The molecular formula is C12H13BrCl3NO. The highest BCUT2D eigenvalue weighted by Gasteiger charge is 2.29. The van der Waals surface area contributed by atoms with Gasteiger partial charge < -0.3 is 5.32 Å². The number of nitrogens with one attached hydrogen (secondary N) is 1. The highest BCUT2D eigenvalue weighted by atomic mass is 79.9. The van der Waals surface area contributed by atoms with Gasteiger partial charge in [-0.15, -0.1) is 23.2 Å². The second-order valence-corrected chi connectivity index (χ2v) is 5.84. The van der Waals surface area contributed by atoms with E-state index < -0.39 is 5.54 Å². The highest BCUT2D eigenvalue weighted by Crippen LogP contribution is 2.23. The first kappa shape index (κ1) is 16.1. The van der Waals surface area contributed by atoms with Gasteiger partial charge in [-0.2, -0.15) is 0 Å². The van der Waals surface area contributed by atoms with E-state index >= 15 is 0 Å². The fourth-order valence-corrected chi connectivity index (χ4v) is 2.72. The predicted molar refractivity (Wildman–Crippen MR) is 81.1 cm³/mol. The molecule has 18 heavy (non-hydrogen) atoms. The van der Waals surface area contributed by atoms with Crippen molar-refractivity contribution in [2.45, 2.75) is 18.9 Å². The van der Waals surface area contributed by atoms with E-state index in [1.807, 2.05) is 6.92 Å². The summed E-state index contributed by atoms with van der Waals surface area (Å²) in [6, 6.07) is 5.10. The summed E-state index contributed by atoms with van der Waals surface area (Å²) in [5.41, 5.74) is -0.203. The Morgan fingerprint density at radius 3 is 2.50 bits per heavy atom. The second-order valence-electron chi connectivity index (χ2n) is 3.98. The largest absolute Gasteiger partial charge is 0.344 e. The minimum Gasteiger partial charge on any atom is -0.344 e. The average Bonchev–Trinajstić information content (AvgIpc) is 2.38. The van der Waals surface area contributed by atoms with Gasteiger partial charge in [0.2, 0.25) is 0 Å². The summed E-state index contributed by atoms with van der Waals surface area (Å²) >= 11 is 21.1. The van der Waals surface area contributed by atoms with Crippen LogP contribution in [0.15, 0.2) is 22.7 Å². The molecule has 1 aromatic rings. The van der Waals surface area contributed by atoms with Crippen molar-refractivity contribution in [1.82, 2.24) is 5.32 Å². The van der Waals surface area contributed by atoms with Crippen LogP contribution in [0.3, 0.4) is 0 Å². The van der Waals surface area contributed by atoms with Crippen LogP contribution in [0.25, 0.3) is 0 Å². The smallest absolute Gasteiger partial charge is 0.253 e. The van der Waals surface area contributed by atoms with Crippen molar-refractivity contribution in [2.75, 3.05) is 11.8 Å². The third-order valence-corrected chi connectivity index (χ3v) is 4.59. The van der Waals surface area contributed by atoms with Gasteiger partial charge in [0.25, 0.3) is 5.91 Å². The molecule has 6 heteroatoms. The van der Waals surface area contributed by atoms with Crippen LogP contribution in [0.5, 0.6) is 0 Å². The molecular weight excluding hydrogens is 360 g/mol. The van der Waals surface area contributed by atoms with Gasteiger partial charge in [0.15, 0.2) is 0 Å². The van der Waals surface area contributed by atoms with E-state index in [2.05, 4.69) is 21.2 Å². The number of hydrogen-bond acceptors (Lipinski definition) is 1. The molecule has 0 aromatic heterocycles. The molecule has 1 amide bonds. The maximum absolute atomic E-state index is 12.2. The van der Waals surface area contributed by atoms with Crippen LogP contribution in [-0.2, 0) is 0 Å². The number of alkyl halides is 2. The van der Waals surface area contributed by atoms with Crippen LogP contribution in [-0.4, -0.2) is 23.2 Å². The van der Waals surface area contributed by atoms with Crippen LogP contribution in [0.2, 0.25) is 5.02 Å². The summed E-state index contributed by atoms with van der Waals surface area (Å²) < 4.78 is 0.788. The minimum absolute atomic E-state index is 0.254. The number of carbonyl (C=O) groups excluding carboxylic acids is 1. The lowest BCUT2D eigenvalue weighted by Gasteiger charge is -2.29. The Labute approximate surface area is 130 Å². The summed E-state index contributed by atoms with van der Waals surface area (Å²) in [4.78, 5) is 12.2. The summed E-state index contributed by atoms with van der Waals surface area (Å²) in [5, 5.41) is 3.25. The van der Waals surface area contributed by atoms with Crippen molar-refractivity contribution >= 4 is 56.6 Å². The zero-order valence-electron chi connectivity index (χ0n) is 9.77. The van der Waals surface area contributed by atoms with E-state index in [-0.39, 0.29) is 17.7 Å². The van der Waals surface area contributed by atoms with Crippen molar-refractivity contribution in [3.05, 3.63) is 33.3 Å². The maximum Gasteiger partial charge on any atom is 0.253 e. The zero-order valence-corrected chi connectivity index (χ0v) is 13.6. The fourth-order valence-electron chi connectivity index (χ4n) is 1.36. The van der Waals surface area contributed by atoms with E-state index in [0.717, 1.165) is 4.47 Å². The molecule has 0 aliphatic rings. The number of carbonyl (C=O) groups is 1. The molecule has 0 unspecified atom stereocenters. The molecule has 0 saturated heterocycles. The van der Waals surface area contributed by atoms with E-state index in [1.54, 1.807) is 18.2 Å². The van der Waals surface area contributed by atoms with Crippen molar-refractivity contribution in [3.63, 3.8) is 0 Å². The molecule has 1 aromatic carbocycles. The summed E-state index contributed by atoms with van der Waals surface area (Å²) in [6.45, 7) is 1.92. The van der Waals surface area contributed by atoms with Gasteiger partial charge >= 0.3 is 0 Å². The van der Waals surface area contributed by atoms with Crippen molar-refractivity contribution in [2.24, 2.45) is 0 Å². The molecule has 0 aliphatic heterocycles. The normalized spacial score (nSPS) is 11.4. The van der Waals surface area contributed by atoms with Crippen molar-refractivity contribution < 1.29 is 4.79 Å². The lowest BCUT2D eigenvalue weighted by Crippen LogP contribution is -2.51. The number of benzene rings is 1. The molecule has 0 bridgehead atoms. The van der Waals surface area contributed by atoms with Crippen molar-refractivity contribution in [3.8, 4) is 0 Å². The fraction of sp³-hybridized carbons (Fsp3) is 0.417. The van der Waals surface area contributed by atoms with E-state index in [0.29, 0.717) is 17.0 Å². The Morgan fingerprint density at radius 1 is 1.39 bits per heavy atom. The lowest BCUT2D eigenvalue weighted by molar-refractivity contribution is 0.0913. The SMILES string of the molecule is CCC(CCl)(CCl)NC(=O)c1cc(Br)ccc1Cl. The van der Waals surface area contributed by atoms with Crippen LogP contribution in [0.4, 0.5) is 0 Å². The number of halogens is 4. The molecule has 0 atom stereocenters. The topological polar surface area (TPSA) is 29.1 Å². The monoisotopic (exact) mass is 371 g/mol. The Kier molecular flexibility index (Phi) is 6.25. The van der Waals surface area contributed by atoms with Crippen LogP contribution in [0, 0.1) is 0 Å². The average molecular weight is 374 g/mol. The first-order chi connectivity index (χ1) is 8.48. The minimum atomic E-state index is -0.605. The molecule has 0 aliphatic carbocycles. The van der Waals surface area contributed by atoms with Gasteiger partial charge in [0.1, 0.15) is 0 Å². The van der Waals surface area contributed by atoms with Gasteiger partial charge in [-0.1, -0.05) is 34.5 Å². The van der Waals surface area contributed by atoms with Gasteiger partial charge in [0.05, 0.1) is 16.1 Å². The molecule has 0 heterocycles. The summed E-state index contributed by atoms with van der Waals surface area (Å²) in [6.07, 6.45) is 0.650. The molecule has 0 saturated carbocycles. The maximum atomic E-state index is 12.2. The first-order valence-electron chi connectivity index (χ1n) is 5.37. The van der Waals surface area contributed by atoms with Gasteiger partial charge in [0, 0.05) is 16.2 Å². The third kappa shape index (κ3) is 3.77. The number of amides is 1. The van der Waals surface area contributed by atoms with Gasteiger partial charge in [-0.3, -0.25) is 4.79 Å². The van der Waals surface area contributed by atoms with Crippen LogP contribution in [0.1, 0.15) is 23.7 Å². The summed E-state index contributed by atoms with van der Waals surface area (Å²) in [5.74, 6) is 0.235. The molecule has 1 rings (SSSR count). The van der Waals surface area contributed by atoms with E-state index in [1.165, 1.54) is 0 Å². The second kappa shape index (κ2) is 6.99. The number of rotatable bonds is 5. The van der Waals surface area contributed by atoms with E-state index in [9.17, 15) is 4.79 Å². The van der Waals surface area contributed by atoms with Crippen LogP contribution >= 0.6 is 50.7 Å². The first-order valence-corrected chi connectivity index (χ1v) is 7.61.